The van der Waals surface area contributed by atoms with Crippen molar-refractivity contribution in [1.82, 2.24) is 0 Å². The van der Waals surface area contributed by atoms with Crippen molar-refractivity contribution < 1.29 is 4.79 Å². The van der Waals surface area contributed by atoms with Gasteiger partial charge in [-0.15, -0.1) is 0 Å². The van der Waals surface area contributed by atoms with Crippen molar-refractivity contribution in [3.63, 3.8) is 0 Å². The van der Waals surface area contributed by atoms with Gasteiger partial charge in [-0.05, 0) is 38.0 Å². The van der Waals surface area contributed by atoms with E-state index in [1.54, 1.807) is 0 Å². The molecular formula is C13H21NO. The second kappa shape index (κ2) is 4.93. The monoisotopic (exact) mass is 207 g/mol. The summed E-state index contributed by atoms with van der Waals surface area (Å²) in [5.74, 6) is 1.34. The molecule has 2 atom stereocenters. The Hall–Kier alpha value is -0.630. The molecule has 0 aromatic rings. The topological polar surface area (TPSA) is 43.1 Å². The number of Topliss-reactive ketones (excluding diaryl/α,β-unsaturated/α-hetero) is 1. The van der Waals surface area contributed by atoms with Gasteiger partial charge in [-0.25, -0.2) is 0 Å². The molecule has 15 heavy (non-hydrogen) atoms. The van der Waals surface area contributed by atoms with Gasteiger partial charge >= 0.3 is 0 Å². The van der Waals surface area contributed by atoms with Crippen LogP contribution in [0, 0.1) is 11.8 Å². The van der Waals surface area contributed by atoms with Crippen LogP contribution in [0.15, 0.2) is 12.2 Å². The summed E-state index contributed by atoms with van der Waals surface area (Å²) in [6, 6.07) is 0.273. The fourth-order valence-corrected chi connectivity index (χ4v) is 2.81. The Bertz CT molecular complexity index is 251. The first-order valence-corrected chi connectivity index (χ1v) is 6.19. The van der Waals surface area contributed by atoms with Crippen molar-refractivity contribution in [2.75, 3.05) is 0 Å². The molecule has 0 bridgehead atoms. The molecule has 2 N–H and O–H groups in total. The van der Waals surface area contributed by atoms with Crippen LogP contribution in [0.2, 0.25) is 0 Å². The second-order valence-electron chi connectivity index (χ2n) is 5.10. The molecule has 2 unspecified atom stereocenters. The van der Waals surface area contributed by atoms with Gasteiger partial charge in [0.15, 0.2) is 0 Å². The largest absolute Gasteiger partial charge is 0.328 e. The van der Waals surface area contributed by atoms with Crippen LogP contribution in [0.1, 0.15) is 44.9 Å². The summed E-state index contributed by atoms with van der Waals surface area (Å²) < 4.78 is 0. The van der Waals surface area contributed by atoms with Crippen molar-refractivity contribution in [1.29, 1.82) is 0 Å². The number of carbonyl (C=O) groups excluding carboxylic acids is 1. The van der Waals surface area contributed by atoms with Gasteiger partial charge in [0.05, 0.1) is 0 Å². The normalized spacial score (nSPS) is 32.1. The zero-order chi connectivity index (χ0) is 10.7. The van der Waals surface area contributed by atoms with E-state index in [2.05, 4.69) is 12.2 Å². The fourth-order valence-electron chi connectivity index (χ4n) is 2.81. The van der Waals surface area contributed by atoms with E-state index in [-0.39, 0.29) is 12.0 Å². The zero-order valence-electron chi connectivity index (χ0n) is 9.32. The highest BCUT2D eigenvalue weighted by molar-refractivity contribution is 5.81. The average molecular weight is 207 g/mol. The third kappa shape index (κ3) is 2.91. The van der Waals surface area contributed by atoms with Crippen LogP contribution in [0.25, 0.3) is 0 Å². The lowest BCUT2D eigenvalue weighted by Gasteiger charge is -2.26. The predicted octanol–water partition coefficient (Wildman–Crippen LogP) is 2.43. The maximum absolute atomic E-state index is 12.0. The summed E-state index contributed by atoms with van der Waals surface area (Å²) in [7, 11) is 0. The van der Waals surface area contributed by atoms with Gasteiger partial charge in [-0.3, -0.25) is 4.79 Å². The Morgan fingerprint density at radius 3 is 2.67 bits per heavy atom. The highest BCUT2D eigenvalue weighted by Crippen LogP contribution is 2.29. The summed E-state index contributed by atoms with van der Waals surface area (Å²) in [6.07, 6.45) is 11.6. The molecule has 0 aromatic carbocycles. The first kappa shape index (κ1) is 10.9. The van der Waals surface area contributed by atoms with E-state index in [1.165, 1.54) is 0 Å². The number of carbonyl (C=O) groups is 1. The first-order chi connectivity index (χ1) is 7.25. The number of hydrogen-bond acceptors (Lipinski definition) is 2. The molecule has 0 aliphatic heterocycles. The molecule has 2 heteroatoms. The van der Waals surface area contributed by atoms with Gasteiger partial charge < -0.3 is 5.73 Å². The van der Waals surface area contributed by atoms with Crippen LogP contribution in [0.5, 0.6) is 0 Å². The van der Waals surface area contributed by atoms with E-state index >= 15 is 0 Å². The molecular weight excluding hydrogens is 186 g/mol. The number of nitrogens with two attached hydrogens (primary N) is 1. The molecule has 0 amide bonds. The molecule has 0 radical (unpaired) electrons. The van der Waals surface area contributed by atoms with Crippen LogP contribution in [0.4, 0.5) is 0 Å². The summed E-state index contributed by atoms with van der Waals surface area (Å²) in [5, 5.41) is 0. The standard InChI is InChI=1S/C13H21NO/c14-12-7-3-6-11(9-12)13(15)8-10-4-1-2-5-10/h1-2,10-12H,3-9,14H2. The second-order valence-corrected chi connectivity index (χ2v) is 5.10. The first-order valence-electron chi connectivity index (χ1n) is 6.19. The zero-order valence-corrected chi connectivity index (χ0v) is 9.32. The minimum absolute atomic E-state index is 0.273. The van der Waals surface area contributed by atoms with Gasteiger partial charge in [0.2, 0.25) is 0 Å². The number of hydrogen-bond donors (Lipinski definition) is 1. The molecule has 84 valence electrons. The highest BCUT2D eigenvalue weighted by Gasteiger charge is 2.26. The molecule has 0 saturated heterocycles. The number of ketones is 1. The third-order valence-corrected chi connectivity index (χ3v) is 3.77. The van der Waals surface area contributed by atoms with Crippen molar-refractivity contribution in [2.24, 2.45) is 17.6 Å². The lowest BCUT2D eigenvalue weighted by Crippen LogP contribution is -2.32. The van der Waals surface area contributed by atoms with Crippen molar-refractivity contribution in [3.8, 4) is 0 Å². The maximum Gasteiger partial charge on any atom is 0.136 e. The molecule has 0 spiro atoms. The van der Waals surface area contributed by atoms with Crippen molar-refractivity contribution >= 4 is 5.78 Å². The molecule has 2 aliphatic rings. The van der Waals surface area contributed by atoms with E-state index < -0.39 is 0 Å². The van der Waals surface area contributed by atoms with E-state index in [0.717, 1.165) is 44.9 Å². The van der Waals surface area contributed by atoms with E-state index in [9.17, 15) is 4.79 Å². The highest BCUT2D eigenvalue weighted by atomic mass is 16.1. The Kier molecular flexibility index (Phi) is 3.57. The number of rotatable bonds is 3. The van der Waals surface area contributed by atoms with E-state index in [1.807, 2.05) is 0 Å². The smallest absolute Gasteiger partial charge is 0.136 e. The van der Waals surface area contributed by atoms with Gasteiger partial charge in [0, 0.05) is 18.4 Å². The van der Waals surface area contributed by atoms with Crippen LogP contribution in [-0.4, -0.2) is 11.8 Å². The third-order valence-electron chi connectivity index (χ3n) is 3.77. The molecule has 1 fully saturated rings. The predicted molar refractivity (Wildman–Crippen MR) is 61.4 cm³/mol. The summed E-state index contributed by atoms with van der Waals surface area (Å²) in [5.41, 5.74) is 5.91. The van der Waals surface area contributed by atoms with Gasteiger partial charge in [0.1, 0.15) is 5.78 Å². The van der Waals surface area contributed by atoms with Gasteiger partial charge in [-0.1, -0.05) is 18.6 Å². The van der Waals surface area contributed by atoms with Crippen LogP contribution < -0.4 is 5.73 Å². The Balaban J connectivity index is 1.79. The minimum Gasteiger partial charge on any atom is -0.328 e. The van der Waals surface area contributed by atoms with E-state index in [0.29, 0.717) is 11.7 Å². The summed E-state index contributed by atoms with van der Waals surface area (Å²) in [4.78, 5) is 12.0. The van der Waals surface area contributed by atoms with Crippen molar-refractivity contribution in [3.05, 3.63) is 12.2 Å². The maximum atomic E-state index is 12.0. The van der Waals surface area contributed by atoms with Crippen LogP contribution in [0.3, 0.4) is 0 Å². The Morgan fingerprint density at radius 2 is 2.00 bits per heavy atom. The SMILES string of the molecule is NC1CCCC(C(=O)CC2CC=CC2)C1. The van der Waals surface area contributed by atoms with Crippen LogP contribution in [-0.2, 0) is 4.79 Å². The Morgan fingerprint density at radius 1 is 1.27 bits per heavy atom. The quantitative estimate of drug-likeness (QED) is 0.722. The van der Waals surface area contributed by atoms with E-state index in [4.69, 9.17) is 5.73 Å². The molecule has 2 nitrogen and oxygen atoms in total. The van der Waals surface area contributed by atoms with Crippen LogP contribution >= 0.6 is 0 Å². The van der Waals surface area contributed by atoms with Gasteiger partial charge in [0.25, 0.3) is 0 Å². The summed E-state index contributed by atoms with van der Waals surface area (Å²) >= 11 is 0. The molecule has 1 saturated carbocycles. The fraction of sp³-hybridized carbons (Fsp3) is 0.769. The van der Waals surface area contributed by atoms with Crippen molar-refractivity contribution in [2.45, 2.75) is 51.0 Å². The average Bonchev–Trinajstić information content (AvgIpc) is 2.70. The minimum atomic E-state index is 0.273. The van der Waals surface area contributed by atoms with Gasteiger partial charge in [-0.2, -0.15) is 0 Å². The lowest BCUT2D eigenvalue weighted by molar-refractivity contribution is -0.124. The number of allylic oxidation sites excluding steroid dienone is 2. The molecule has 0 aromatic heterocycles. The summed E-state index contributed by atoms with van der Waals surface area (Å²) in [6.45, 7) is 0. The Labute approximate surface area is 91.9 Å². The molecule has 0 heterocycles. The lowest BCUT2D eigenvalue weighted by atomic mass is 9.81. The molecule has 2 aliphatic carbocycles. The molecule has 2 rings (SSSR count).